The summed E-state index contributed by atoms with van der Waals surface area (Å²) in [5, 5.41) is 0.674. The lowest BCUT2D eigenvalue weighted by atomic mass is 10.3. The highest BCUT2D eigenvalue weighted by Gasteiger charge is 2.09. The van der Waals surface area contributed by atoms with Crippen LogP contribution in [0, 0.1) is 0 Å². The number of nitrogens with zero attached hydrogens (tertiary/aromatic N) is 2. The van der Waals surface area contributed by atoms with Crippen molar-refractivity contribution in [3.8, 4) is 0 Å². The molecule has 1 aromatic carbocycles. The molecule has 0 aliphatic rings. The van der Waals surface area contributed by atoms with Crippen molar-refractivity contribution in [1.82, 2.24) is 9.55 Å². The van der Waals surface area contributed by atoms with Gasteiger partial charge in [-0.15, -0.1) is 0 Å². The lowest BCUT2D eigenvalue weighted by Crippen LogP contribution is -2.22. The zero-order valence-electron chi connectivity index (χ0n) is 8.35. The molecule has 2 aromatic rings. The second-order valence-corrected chi connectivity index (χ2v) is 3.74. The van der Waals surface area contributed by atoms with Crippen molar-refractivity contribution in [2.45, 2.75) is 6.17 Å². The first-order valence-electron chi connectivity index (χ1n) is 4.59. The molecule has 0 aliphatic heterocycles. The maximum absolute atomic E-state index is 5.92. The van der Waals surface area contributed by atoms with Crippen molar-refractivity contribution in [2.24, 2.45) is 5.73 Å². The molecule has 0 aliphatic carbocycles. The van der Waals surface area contributed by atoms with Crippen LogP contribution in [0.15, 0.2) is 24.5 Å². The van der Waals surface area contributed by atoms with Gasteiger partial charge in [0.1, 0.15) is 6.17 Å². The SMILES string of the molecule is COCC(N)n1cnc2cc(Cl)ccc21. The molecule has 2 N–H and O–H groups in total. The molecule has 0 radical (unpaired) electrons. The number of rotatable bonds is 3. The van der Waals surface area contributed by atoms with Crippen molar-refractivity contribution in [1.29, 1.82) is 0 Å². The summed E-state index contributed by atoms with van der Waals surface area (Å²) in [4.78, 5) is 4.23. The van der Waals surface area contributed by atoms with Crippen LogP contribution >= 0.6 is 11.6 Å². The van der Waals surface area contributed by atoms with E-state index in [1.165, 1.54) is 0 Å². The minimum atomic E-state index is -0.221. The zero-order chi connectivity index (χ0) is 10.8. The number of ether oxygens (including phenoxy) is 1. The van der Waals surface area contributed by atoms with Crippen LogP contribution in [0.3, 0.4) is 0 Å². The van der Waals surface area contributed by atoms with Gasteiger partial charge in [-0.2, -0.15) is 0 Å². The fourth-order valence-corrected chi connectivity index (χ4v) is 1.69. The van der Waals surface area contributed by atoms with Crippen LogP contribution in [-0.4, -0.2) is 23.3 Å². The quantitative estimate of drug-likeness (QED) is 0.867. The van der Waals surface area contributed by atoms with Gasteiger partial charge in [-0.05, 0) is 18.2 Å². The minimum Gasteiger partial charge on any atom is -0.381 e. The molecular formula is C10H12ClN3O. The standard InChI is InChI=1S/C10H12ClN3O/c1-15-5-10(12)14-6-13-8-4-7(11)2-3-9(8)14/h2-4,6,10H,5,12H2,1H3. The third-order valence-electron chi connectivity index (χ3n) is 2.23. The van der Waals surface area contributed by atoms with Crippen LogP contribution in [0.5, 0.6) is 0 Å². The average molecular weight is 226 g/mol. The molecule has 2 rings (SSSR count). The van der Waals surface area contributed by atoms with E-state index in [-0.39, 0.29) is 6.17 Å². The molecule has 1 heterocycles. The second kappa shape index (κ2) is 4.18. The van der Waals surface area contributed by atoms with Crippen molar-refractivity contribution in [2.75, 3.05) is 13.7 Å². The number of hydrogen-bond donors (Lipinski definition) is 1. The van der Waals surface area contributed by atoms with E-state index in [4.69, 9.17) is 22.1 Å². The van der Waals surface area contributed by atoms with E-state index < -0.39 is 0 Å². The summed E-state index contributed by atoms with van der Waals surface area (Å²) in [6, 6.07) is 5.54. The highest BCUT2D eigenvalue weighted by molar-refractivity contribution is 6.31. The molecule has 1 unspecified atom stereocenters. The Labute approximate surface area is 92.6 Å². The Kier molecular flexibility index (Phi) is 2.90. The topological polar surface area (TPSA) is 53.1 Å². The average Bonchev–Trinajstić information content (AvgIpc) is 2.60. The normalized spacial score (nSPS) is 13.3. The van der Waals surface area contributed by atoms with E-state index in [9.17, 15) is 0 Å². The molecule has 1 atom stereocenters. The minimum absolute atomic E-state index is 0.221. The number of fused-ring (bicyclic) bond motifs is 1. The monoisotopic (exact) mass is 225 g/mol. The summed E-state index contributed by atoms with van der Waals surface area (Å²) < 4.78 is 6.87. The van der Waals surface area contributed by atoms with Gasteiger partial charge in [0.2, 0.25) is 0 Å². The summed E-state index contributed by atoms with van der Waals surface area (Å²) in [5.74, 6) is 0. The van der Waals surface area contributed by atoms with Crippen LogP contribution in [0.25, 0.3) is 11.0 Å². The van der Waals surface area contributed by atoms with Crippen molar-refractivity contribution >= 4 is 22.6 Å². The molecule has 80 valence electrons. The van der Waals surface area contributed by atoms with Crippen LogP contribution in [0.4, 0.5) is 0 Å². The maximum Gasteiger partial charge on any atom is 0.107 e. The summed E-state index contributed by atoms with van der Waals surface area (Å²) in [7, 11) is 1.62. The third-order valence-corrected chi connectivity index (χ3v) is 2.47. The first-order valence-corrected chi connectivity index (χ1v) is 4.97. The van der Waals surface area contributed by atoms with Crippen molar-refractivity contribution in [3.05, 3.63) is 29.5 Å². The van der Waals surface area contributed by atoms with E-state index in [2.05, 4.69) is 4.98 Å². The third kappa shape index (κ3) is 1.97. The van der Waals surface area contributed by atoms with E-state index in [0.29, 0.717) is 11.6 Å². The van der Waals surface area contributed by atoms with Gasteiger partial charge in [-0.25, -0.2) is 4.98 Å². The molecule has 0 fully saturated rings. The van der Waals surface area contributed by atoms with E-state index in [0.717, 1.165) is 11.0 Å². The van der Waals surface area contributed by atoms with Crippen LogP contribution < -0.4 is 5.73 Å². The molecule has 1 aromatic heterocycles. The molecule has 15 heavy (non-hydrogen) atoms. The van der Waals surface area contributed by atoms with Gasteiger partial charge in [0.25, 0.3) is 0 Å². The zero-order valence-corrected chi connectivity index (χ0v) is 9.11. The first-order chi connectivity index (χ1) is 7.22. The largest absolute Gasteiger partial charge is 0.381 e. The summed E-state index contributed by atoms with van der Waals surface area (Å²) in [5.41, 5.74) is 7.72. The Morgan fingerprint density at radius 2 is 2.40 bits per heavy atom. The first kappa shape index (κ1) is 10.4. The summed E-state index contributed by atoms with van der Waals surface area (Å²) in [6.07, 6.45) is 1.48. The number of benzene rings is 1. The van der Waals surface area contributed by atoms with E-state index >= 15 is 0 Å². The Hall–Kier alpha value is -1.10. The van der Waals surface area contributed by atoms with Gasteiger partial charge < -0.3 is 15.0 Å². The number of aromatic nitrogens is 2. The number of halogens is 1. The van der Waals surface area contributed by atoms with Crippen LogP contribution in [0.2, 0.25) is 5.02 Å². The molecule has 0 saturated heterocycles. The lowest BCUT2D eigenvalue weighted by Gasteiger charge is -2.12. The predicted molar refractivity (Wildman–Crippen MR) is 59.8 cm³/mol. The predicted octanol–water partition coefficient (Wildman–Crippen LogP) is 1.79. The van der Waals surface area contributed by atoms with E-state index in [1.54, 1.807) is 13.4 Å². The maximum atomic E-state index is 5.92. The van der Waals surface area contributed by atoms with Gasteiger partial charge in [0.15, 0.2) is 0 Å². The van der Waals surface area contributed by atoms with Gasteiger partial charge in [-0.1, -0.05) is 11.6 Å². The smallest absolute Gasteiger partial charge is 0.107 e. The van der Waals surface area contributed by atoms with Crippen LogP contribution in [-0.2, 0) is 4.74 Å². The molecule has 0 saturated carbocycles. The molecule has 0 bridgehead atoms. The van der Waals surface area contributed by atoms with Gasteiger partial charge in [0.05, 0.1) is 24.0 Å². The Morgan fingerprint density at radius 1 is 1.60 bits per heavy atom. The Morgan fingerprint density at radius 3 is 3.13 bits per heavy atom. The fraction of sp³-hybridized carbons (Fsp3) is 0.300. The number of methoxy groups -OCH3 is 1. The number of hydrogen-bond acceptors (Lipinski definition) is 3. The highest BCUT2D eigenvalue weighted by atomic mass is 35.5. The molecule has 0 amide bonds. The number of nitrogens with two attached hydrogens (primary N) is 1. The summed E-state index contributed by atoms with van der Waals surface area (Å²) in [6.45, 7) is 0.452. The molecule has 0 spiro atoms. The fourth-order valence-electron chi connectivity index (χ4n) is 1.52. The van der Waals surface area contributed by atoms with Gasteiger partial charge in [0, 0.05) is 12.1 Å². The summed E-state index contributed by atoms with van der Waals surface area (Å²) >= 11 is 5.86. The second-order valence-electron chi connectivity index (χ2n) is 3.31. The molecule has 5 heteroatoms. The Balaban J connectivity index is 2.44. The van der Waals surface area contributed by atoms with Crippen molar-refractivity contribution in [3.63, 3.8) is 0 Å². The Bertz CT molecular complexity index is 469. The lowest BCUT2D eigenvalue weighted by molar-refractivity contribution is 0.159. The molecule has 4 nitrogen and oxygen atoms in total. The van der Waals surface area contributed by atoms with Gasteiger partial charge in [-0.3, -0.25) is 0 Å². The highest BCUT2D eigenvalue weighted by Crippen LogP contribution is 2.19. The number of imidazole rings is 1. The van der Waals surface area contributed by atoms with Crippen molar-refractivity contribution < 1.29 is 4.74 Å². The molecular weight excluding hydrogens is 214 g/mol. The van der Waals surface area contributed by atoms with Gasteiger partial charge >= 0.3 is 0 Å². The van der Waals surface area contributed by atoms with E-state index in [1.807, 2.05) is 22.8 Å². The van der Waals surface area contributed by atoms with Crippen LogP contribution in [0.1, 0.15) is 6.17 Å².